The molecule has 0 unspecified atom stereocenters. The number of nitrogens with zero attached hydrogens (tertiary/aromatic N) is 1. The van der Waals surface area contributed by atoms with Crippen LogP contribution in [-0.4, -0.2) is 4.98 Å². The van der Waals surface area contributed by atoms with Crippen LogP contribution in [0.4, 0.5) is 30.4 Å². The molecule has 0 radical (unpaired) electrons. The molecule has 0 fully saturated rings. The second-order valence-electron chi connectivity index (χ2n) is 4.24. The number of nitrogens with two attached hydrogens (primary N) is 1. The summed E-state index contributed by atoms with van der Waals surface area (Å²) in [6, 6.07) is 5.97. The third kappa shape index (κ3) is 3.14. The van der Waals surface area contributed by atoms with Gasteiger partial charge in [-0.1, -0.05) is 17.7 Å². The summed E-state index contributed by atoms with van der Waals surface area (Å²) < 4.78 is 38.0. The molecule has 1 aromatic heterocycles. The van der Waals surface area contributed by atoms with Gasteiger partial charge >= 0.3 is 6.18 Å². The Morgan fingerprint density at radius 2 is 1.90 bits per heavy atom. The van der Waals surface area contributed by atoms with Gasteiger partial charge in [0.15, 0.2) is 0 Å². The van der Waals surface area contributed by atoms with Gasteiger partial charge in [0.25, 0.3) is 0 Å². The van der Waals surface area contributed by atoms with Crippen molar-refractivity contribution in [3.8, 4) is 0 Å². The summed E-state index contributed by atoms with van der Waals surface area (Å²) in [5.74, 6) is -0.0163. The van der Waals surface area contributed by atoms with Gasteiger partial charge in [-0.15, -0.1) is 0 Å². The average molecular weight is 302 g/mol. The van der Waals surface area contributed by atoms with Gasteiger partial charge in [0.1, 0.15) is 5.82 Å². The van der Waals surface area contributed by atoms with Crippen LogP contribution in [0, 0.1) is 6.92 Å². The molecule has 2 rings (SSSR count). The number of aromatic nitrogens is 1. The predicted molar refractivity (Wildman–Crippen MR) is 73.1 cm³/mol. The van der Waals surface area contributed by atoms with E-state index in [1.807, 2.05) is 0 Å². The van der Waals surface area contributed by atoms with Crippen molar-refractivity contribution >= 4 is 28.8 Å². The standard InChI is InChI=1S/C13H11ClF3N3/c1-7-2-3-9(14)5-10(7)20-11-4-8(13(15,16)17)6-19-12(11)18/h2-6,20H,1H3,(H2,18,19). The van der Waals surface area contributed by atoms with Crippen molar-refractivity contribution in [3.63, 3.8) is 0 Å². The Hall–Kier alpha value is -1.95. The third-order valence-electron chi connectivity index (χ3n) is 2.71. The molecular formula is C13H11ClF3N3. The molecule has 0 aliphatic heterocycles. The van der Waals surface area contributed by atoms with Gasteiger partial charge in [-0.2, -0.15) is 13.2 Å². The van der Waals surface area contributed by atoms with Gasteiger partial charge in [-0.3, -0.25) is 0 Å². The number of anilines is 3. The summed E-state index contributed by atoms with van der Waals surface area (Å²) in [5.41, 5.74) is 6.22. The molecule has 7 heteroatoms. The number of nitrogens with one attached hydrogen (secondary N) is 1. The number of alkyl halides is 3. The zero-order valence-electron chi connectivity index (χ0n) is 10.4. The lowest BCUT2D eigenvalue weighted by molar-refractivity contribution is -0.137. The topological polar surface area (TPSA) is 50.9 Å². The fraction of sp³-hybridized carbons (Fsp3) is 0.154. The summed E-state index contributed by atoms with van der Waals surface area (Å²) in [5, 5.41) is 3.29. The summed E-state index contributed by atoms with van der Waals surface area (Å²) in [7, 11) is 0. The Labute approximate surface area is 118 Å². The lowest BCUT2D eigenvalue weighted by Gasteiger charge is -2.14. The molecular weight excluding hydrogens is 291 g/mol. The van der Waals surface area contributed by atoms with Gasteiger partial charge in [-0.25, -0.2) is 4.98 Å². The molecule has 0 aliphatic rings. The first kappa shape index (κ1) is 14.5. The lowest BCUT2D eigenvalue weighted by atomic mass is 10.2. The van der Waals surface area contributed by atoms with E-state index in [0.717, 1.165) is 11.6 Å². The van der Waals surface area contributed by atoms with Crippen molar-refractivity contribution in [3.05, 3.63) is 46.6 Å². The van der Waals surface area contributed by atoms with Crippen molar-refractivity contribution < 1.29 is 13.2 Å². The van der Waals surface area contributed by atoms with Crippen LogP contribution in [0.1, 0.15) is 11.1 Å². The number of aryl methyl sites for hydroxylation is 1. The highest BCUT2D eigenvalue weighted by atomic mass is 35.5. The van der Waals surface area contributed by atoms with E-state index in [9.17, 15) is 13.2 Å². The maximum Gasteiger partial charge on any atom is 0.417 e. The van der Waals surface area contributed by atoms with Crippen LogP contribution in [0.5, 0.6) is 0 Å². The van der Waals surface area contributed by atoms with Crippen LogP contribution in [0.3, 0.4) is 0 Å². The van der Waals surface area contributed by atoms with E-state index < -0.39 is 11.7 Å². The van der Waals surface area contributed by atoms with E-state index >= 15 is 0 Å². The van der Waals surface area contributed by atoms with Crippen LogP contribution >= 0.6 is 11.6 Å². The Bertz CT molecular complexity index is 641. The maximum absolute atomic E-state index is 12.7. The molecule has 0 saturated heterocycles. The summed E-state index contributed by atoms with van der Waals surface area (Å²) in [6.45, 7) is 1.80. The molecule has 1 heterocycles. The highest BCUT2D eigenvalue weighted by molar-refractivity contribution is 6.30. The molecule has 0 bridgehead atoms. The molecule has 3 N–H and O–H groups in total. The van der Waals surface area contributed by atoms with Crippen molar-refractivity contribution in [2.45, 2.75) is 13.1 Å². The minimum Gasteiger partial charge on any atom is -0.382 e. The molecule has 106 valence electrons. The SMILES string of the molecule is Cc1ccc(Cl)cc1Nc1cc(C(F)(F)F)cnc1N. The van der Waals surface area contributed by atoms with Gasteiger partial charge < -0.3 is 11.1 Å². The minimum absolute atomic E-state index is 0.0163. The monoisotopic (exact) mass is 301 g/mol. The Morgan fingerprint density at radius 3 is 2.55 bits per heavy atom. The molecule has 0 amide bonds. The Morgan fingerprint density at radius 1 is 1.20 bits per heavy atom. The van der Waals surface area contributed by atoms with E-state index in [0.29, 0.717) is 16.9 Å². The zero-order valence-corrected chi connectivity index (χ0v) is 11.2. The van der Waals surface area contributed by atoms with E-state index in [1.54, 1.807) is 25.1 Å². The van der Waals surface area contributed by atoms with Crippen LogP contribution < -0.4 is 11.1 Å². The molecule has 20 heavy (non-hydrogen) atoms. The van der Waals surface area contributed by atoms with Gasteiger partial charge in [0.05, 0.1) is 11.3 Å². The van der Waals surface area contributed by atoms with E-state index in [-0.39, 0.29) is 11.5 Å². The highest BCUT2D eigenvalue weighted by Gasteiger charge is 2.31. The van der Waals surface area contributed by atoms with Crippen LogP contribution in [0.15, 0.2) is 30.5 Å². The van der Waals surface area contributed by atoms with Gasteiger partial charge in [-0.05, 0) is 30.7 Å². The van der Waals surface area contributed by atoms with E-state index in [1.165, 1.54) is 0 Å². The maximum atomic E-state index is 12.7. The first-order valence-corrected chi connectivity index (χ1v) is 6.01. The fourth-order valence-corrected chi connectivity index (χ4v) is 1.78. The Balaban J connectivity index is 2.40. The van der Waals surface area contributed by atoms with Crippen molar-refractivity contribution in [1.29, 1.82) is 0 Å². The average Bonchev–Trinajstić information content (AvgIpc) is 2.35. The van der Waals surface area contributed by atoms with E-state index in [2.05, 4.69) is 10.3 Å². The quantitative estimate of drug-likeness (QED) is 0.865. The number of hydrogen-bond donors (Lipinski definition) is 2. The molecule has 0 aliphatic carbocycles. The molecule has 1 aromatic carbocycles. The van der Waals surface area contributed by atoms with Gasteiger partial charge in [0.2, 0.25) is 0 Å². The van der Waals surface area contributed by atoms with Crippen molar-refractivity contribution in [1.82, 2.24) is 4.98 Å². The van der Waals surface area contributed by atoms with Crippen molar-refractivity contribution in [2.75, 3.05) is 11.1 Å². The summed E-state index contributed by atoms with van der Waals surface area (Å²) in [6.07, 6.45) is -3.77. The number of pyridine rings is 1. The van der Waals surface area contributed by atoms with Crippen LogP contribution in [-0.2, 0) is 6.18 Å². The largest absolute Gasteiger partial charge is 0.417 e. The fourth-order valence-electron chi connectivity index (χ4n) is 1.60. The number of benzene rings is 1. The molecule has 2 aromatic rings. The normalized spacial score (nSPS) is 11.4. The molecule has 0 spiro atoms. The number of rotatable bonds is 2. The smallest absolute Gasteiger partial charge is 0.382 e. The summed E-state index contributed by atoms with van der Waals surface area (Å²) in [4.78, 5) is 3.56. The lowest BCUT2D eigenvalue weighted by Crippen LogP contribution is -2.08. The zero-order chi connectivity index (χ0) is 14.9. The summed E-state index contributed by atoms with van der Waals surface area (Å²) >= 11 is 5.86. The first-order valence-electron chi connectivity index (χ1n) is 5.63. The van der Waals surface area contributed by atoms with Crippen molar-refractivity contribution in [2.24, 2.45) is 0 Å². The number of nitrogen functional groups attached to an aromatic ring is 1. The second kappa shape index (κ2) is 5.20. The second-order valence-corrected chi connectivity index (χ2v) is 4.68. The van der Waals surface area contributed by atoms with Crippen LogP contribution in [0.2, 0.25) is 5.02 Å². The number of halogens is 4. The number of hydrogen-bond acceptors (Lipinski definition) is 3. The third-order valence-corrected chi connectivity index (χ3v) is 2.95. The molecule has 0 atom stereocenters. The minimum atomic E-state index is -4.47. The molecule has 3 nitrogen and oxygen atoms in total. The predicted octanol–water partition coefficient (Wildman–Crippen LogP) is 4.39. The molecule has 0 saturated carbocycles. The van der Waals surface area contributed by atoms with Gasteiger partial charge in [0, 0.05) is 16.9 Å². The first-order chi connectivity index (χ1) is 9.27. The van der Waals surface area contributed by atoms with Crippen LogP contribution in [0.25, 0.3) is 0 Å². The van der Waals surface area contributed by atoms with E-state index in [4.69, 9.17) is 17.3 Å². The highest BCUT2D eigenvalue weighted by Crippen LogP contribution is 2.33. The Kier molecular flexibility index (Phi) is 3.76.